The molecule has 8 heteroatoms. The molecule has 21 heavy (non-hydrogen) atoms. The van der Waals surface area contributed by atoms with Crippen LogP contribution in [0.5, 0.6) is 0 Å². The van der Waals surface area contributed by atoms with E-state index in [1.54, 1.807) is 7.05 Å². The number of rotatable bonds is 4. The van der Waals surface area contributed by atoms with E-state index in [1.165, 1.54) is 22.3 Å². The maximum Gasteiger partial charge on any atom is 0.304 e. The Hall–Kier alpha value is -2.35. The third-order valence-corrected chi connectivity index (χ3v) is 3.63. The normalized spacial score (nSPS) is 10.4. The van der Waals surface area contributed by atoms with Crippen LogP contribution in [-0.2, 0) is 6.54 Å². The molecule has 0 spiro atoms. The zero-order valence-electron chi connectivity index (χ0n) is 11.4. The largest absolute Gasteiger partial charge is 0.336 e. The monoisotopic (exact) mass is 309 g/mol. The Morgan fingerprint density at radius 2 is 2.24 bits per heavy atom. The number of carbonyl (C=O) groups excluding carboxylic acids is 1. The van der Waals surface area contributed by atoms with Gasteiger partial charge in [-0.3, -0.25) is 14.9 Å². The summed E-state index contributed by atoms with van der Waals surface area (Å²) >= 11 is 1.48. The van der Waals surface area contributed by atoms with Gasteiger partial charge in [0, 0.05) is 24.1 Å². The van der Waals surface area contributed by atoms with Crippen LogP contribution in [0.4, 0.5) is 10.1 Å². The third-order valence-electron chi connectivity index (χ3n) is 2.80. The van der Waals surface area contributed by atoms with Crippen molar-refractivity contribution in [1.82, 2.24) is 9.88 Å². The highest BCUT2D eigenvalue weighted by molar-refractivity contribution is 7.09. The summed E-state index contributed by atoms with van der Waals surface area (Å²) in [5.74, 6) is -1.45. The average molecular weight is 309 g/mol. The van der Waals surface area contributed by atoms with Crippen LogP contribution in [0.1, 0.15) is 21.1 Å². The number of halogens is 1. The molecule has 2 rings (SSSR count). The first-order valence-corrected chi connectivity index (χ1v) is 6.87. The summed E-state index contributed by atoms with van der Waals surface area (Å²) < 4.78 is 13.5. The van der Waals surface area contributed by atoms with Crippen molar-refractivity contribution in [1.29, 1.82) is 0 Å². The van der Waals surface area contributed by atoms with Gasteiger partial charge < -0.3 is 4.90 Å². The van der Waals surface area contributed by atoms with E-state index in [2.05, 4.69) is 4.98 Å². The molecule has 2 aromatic rings. The molecule has 0 radical (unpaired) electrons. The highest BCUT2D eigenvalue weighted by Gasteiger charge is 2.19. The topological polar surface area (TPSA) is 76.3 Å². The molecule has 1 heterocycles. The average Bonchev–Trinajstić information content (AvgIpc) is 2.82. The summed E-state index contributed by atoms with van der Waals surface area (Å²) in [6, 6.07) is 3.11. The summed E-state index contributed by atoms with van der Waals surface area (Å²) in [5, 5.41) is 13.3. The second-order valence-electron chi connectivity index (χ2n) is 4.44. The van der Waals surface area contributed by atoms with E-state index < -0.39 is 22.3 Å². The molecule has 0 atom stereocenters. The quantitative estimate of drug-likeness (QED) is 0.643. The second-order valence-corrected chi connectivity index (χ2v) is 5.50. The maximum atomic E-state index is 13.5. The van der Waals surface area contributed by atoms with Crippen LogP contribution >= 0.6 is 11.3 Å². The molecule has 110 valence electrons. The summed E-state index contributed by atoms with van der Waals surface area (Å²) in [6.45, 7) is 2.16. The highest BCUT2D eigenvalue weighted by atomic mass is 32.1. The van der Waals surface area contributed by atoms with Crippen molar-refractivity contribution < 1.29 is 14.1 Å². The molecule has 0 saturated carbocycles. The van der Waals surface area contributed by atoms with E-state index in [0.29, 0.717) is 6.54 Å². The summed E-state index contributed by atoms with van der Waals surface area (Å²) in [5.41, 5.74) is 0.160. The molecule has 0 aliphatic rings. The number of amides is 1. The summed E-state index contributed by atoms with van der Waals surface area (Å²) in [7, 11) is 1.57. The van der Waals surface area contributed by atoms with Crippen molar-refractivity contribution in [3.63, 3.8) is 0 Å². The molecule has 0 unspecified atom stereocenters. The maximum absolute atomic E-state index is 13.5. The zero-order chi connectivity index (χ0) is 15.6. The van der Waals surface area contributed by atoms with Crippen LogP contribution in [0.2, 0.25) is 0 Å². The number of nitrogens with zero attached hydrogens (tertiary/aromatic N) is 3. The number of benzene rings is 1. The number of nitro groups is 1. The van der Waals surface area contributed by atoms with E-state index in [0.717, 1.165) is 22.8 Å². The van der Waals surface area contributed by atoms with Gasteiger partial charge in [0.25, 0.3) is 5.91 Å². The van der Waals surface area contributed by atoms with Gasteiger partial charge in [-0.15, -0.1) is 11.3 Å². The Labute approximate surface area is 124 Å². The molecule has 1 amide bonds. The van der Waals surface area contributed by atoms with Crippen LogP contribution in [0.25, 0.3) is 0 Å². The Morgan fingerprint density at radius 1 is 1.52 bits per heavy atom. The van der Waals surface area contributed by atoms with Gasteiger partial charge in [-0.25, -0.2) is 4.98 Å². The lowest BCUT2D eigenvalue weighted by Crippen LogP contribution is -2.26. The van der Waals surface area contributed by atoms with Crippen molar-refractivity contribution >= 4 is 22.9 Å². The van der Waals surface area contributed by atoms with Crippen LogP contribution in [-0.4, -0.2) is 27.8 Å². The molecule has 0 fully saturated rings. The first-order chi connectivity index (χ1) is 9.88. The molecular weight excluding hydrogens is 297 g/mol. The van der Waals surface area contributed by atoms with E-state index in [-0.39, 0.29) is 5.56 Å². The van der Waals surface area contributed by atoms with Gasteiger partial charge in [-0.2, -0.15) is 4.39 Å². The minimum atomic E-state index is -1.02. The summed E-state index contributed by atoms with van der Waals surface area (Å²) in [6.07, 6.45) is 0. The van der Waals surface area contributed by atoms with Crippen LogP contribution in [0.3, 0.4) is 0 Å². The zero-order valence-corrected chi connectivity index (χ0v) is 12.2. The molecule has 0 aliphatic carbocycles. The Morgan fingerprint density at radius 3 is 2.76 bits per heavy atom. The number of nitro benzene ring substituents is 1. The van der Waals surface area contributed by atoms with Gasteiger partial charge in [0.15, 0.2) is 0 Å². The van der Waals surface area contributed by atoms with Gasteiger partial charge in [0.2, 0.25) is 5.82 Å². The Bertz CT molecular complexity index is 702. The fourth-order valence-electron chi connectivity index (χ4n) is 1.80. The SMILES string of the molecule is Cc1nc(CN(C)C(=O)c2ccc([N+](=O)[O-])c(F)c2)cs1. The van der Waals surface area contributed by atoms with E-state index in [4.69, 9.17) is 0 Å². The number of carbonyl (C=O) groups is 1. The Balaban J connectivity index is 2.15. The number of hydrogen-bond donors (Lipinski definition) is 0. The van der Waals surface area contributed by atoms with Crippen LogP contribution in [0, 0.1) is 22.9 Å². The van der Waals surface area contributed by atoms with E-state index in [1.807, 2.05) is 12.3 Å². The standard InChI is InChI=1S/C13H12FN3O3S/c1-8-15-10(7-21-8)6-16(2)13(18)9-3-4-12(17(19)20)11(14)5-9/h3-5,7H,6H2,1-2H3. The number of aromatic nitrogens is 1. The molecule has 0 bridgehead atoms. The number of hydrogen-bond acceptors (Lipinski definition) is 5. The van der Waals surface area contributed by atoms with Crippen molar-refractivity contribution in [2.45, 2.75) is 13.5 Å². The number of thiazole rings is 1. The number of aryl methyl sites for hydroxylation is 1. The molecule has 0 saturated heterocycles. The first-order valence-electron chi connectivity index (χ1n) is 5.99. The minimum Gasteiger partial charge on any atom is -0.336 e. The van der Waals surface area contributed by atoms with Gasteiger partial charge in [-0.05, 0) is 19.1 Å². The van der Waals surface area contributed by atoms with Gasteiger partial charge in [0.1, 0.15) is 0 Å². The van der Waals surface area contributed by atoms with Crippen LogP contribution < -0.4 is 0 Å². The van der Waals surface area contributed by atoms with Crippen molar-refractivity contribution in [3.05, 3.63) is 55.8 Å². The summed E-state index contributed by atoms with van der Waals surface area (Å²) in [4.78, 5) is 27.5. The van der Waals surface area contributed by atoms with Crippen molar-refractivity contribution in [2.24, 2.45) is 0 Å². The Kier molecular flexibility index (Phi) is 4.27. The highest BCUT2D eigenvalue weighted by Crippen LogP contribution is 2.19. The molecule has 0 N–H and O–H groups in total. The molecular formula is C13H12FN3O3S. The fraction of sp³-hybridized carbons (Fsp3) is 0.231. The lowest BCUT2D eigenvalue weighted by molar-refractivity contribution is -0.387. The smallest absolute Gasteiger partial charge is 0.304 e. The van der Waals surface area contributed by atoms with E-state index >= 15 is 0 Å². The first kappa shape index (κ1) is 15.0. The van der Waals surface area contributed by atoms with Gasteiger partial charge >= 0.3 is 5.69 Å². The minimum absolute atomic E-state index is 0.0625. The van der Waals surface area contributed by atoms with Crippen molar-refractivity contribution in [3.8, 4) is 0 Å². The van der Waals surface area contributed by atoms with Crippen molar-refractivity contribution in [2.75, 3.05) is 7.05 Å². The predicted octanol–water partition coefficient (Wildman–Crippen LogP) is 2.77. The van der Waals surface area contributed by atoms with Crippen LogP contribution in [0.15, 0.2) is 23.6 Å². The van der Waals surface area contributed by atoms with Gasteiger partial charge in [-0.1, -0.05) is 0 Å². The predicted molar refractivity (Wildman–Crippen MR) is 75.7 cm³/mol. The van der Waals surface area contributed by atoms with E-state index in [9.17, 15) is 19.3 Å². The molecule has 0 aliphatic heterocycles. The fourth-order valence-corrected chi connectivity index (χ4v) is 2.41. The molecule has 1 aromatic carbocycles. The molecule has 6 nitrogen and oxygen atoms in total. The lowest BCUT2D eigenvalue weighted by atomic mass is 10.1. The molecule has 1 aromatic heterocycles. The van der Waals surface area contributed by atoms with Gasteiger partial charge in [0.05, 0.1) is 22.2 Å². The lowest BCUT2D eigenvalue weighted by Gasteiger charge is -2.15. The second kappa shape index (κ2) is 5.96. The third kappa shape index (κ3) is 3.40.